The van der Waals surface area contributed by atoms with Crippen LogP contribution < -0.4 is 9.47 Å². The molecule has 10 heteroatoms. The number of methoxy groups -OCH3 is 2. The van der Waals surface area contributed by atoms with Crippen LogP contribution in [0.1, 0.15) is 46.4 Å². The van der Waals surface area contributed by atoms with Gasteiger partial charge in [0.05, 0.1) is 33.3 Å². The molecule has 1 amide bonds. The third kappa shape index (κ3) is 7.96. The Labute approximate surface area is 244 Å². The SMILES string of the molecule is CCOC(=O)C1CCCN(C(=O)c2csc(CN(CCc3ccc(OC)c(OC)c3)Cc3cccc(Cl)c3)n2)C1. The van der Waals surface area contributed by atoms with Gasteiger partial charge in [0.25, 0.3) is 5.91 Å². The lowest BCUT2D eigenvalue weighted by Gasteiger charge is -2.31. The molecule has 1 fully saturated rings. The average molecular weight is 586 g/mol. The van der Waals surface area contributed by atoms with Crippen LogP contribution in [0.3, 0.4) is 0 Å². The van der Waals surface area contributed by atoms with Gasteiger partial charge >= 0.3 is 5.97 Å². The molecular formula is C30H36ClN3O5S. The Morgan fingerprint density at radius 1 is 1.10 bits per heavy atom. The van der Waals surface area contributed by atoms with Crippen molar-refractivity contribution in [3.63, 3.8) is 0 Å². The zero-order chi connectivity index (χ0) is 28.5. The van der Waals surface area contributed by atoms with Crippen LogP contribution in [-0.2, 0) is 29.0 Å². The third-order valence-electron chi connectivity index (χ3n) is 6.92. The zero-order valence-corrected chi connectivity index (χ0v) is 24.8. The first kappa shape index (κ1) is 29.8. The van der Waals surface area contributed by atoms with Gasteiger partial charge in [-0.15, -0.1) is 11.3 Å². The monoisotopic (exact) mass is 585 g/mol. The smallest absolute Gasteiger partial charge is 0.310 e. The Bertz CT molecular complexity index is 1300. The summed E-state index contributed by atoms with van der Waals surface area (Å²) in [5.74, 6) is 0.755. The average Bonchev–Trinajstić information content (AvgIpc) is 3.44. The van der Waals surface area contributed by atoms with Gasteiger partial charge in [0, 0.05) is 36.6 Å². The molecule has 0 bridgehead atoms. The Balaban J connectivity index is 1.45. The Hall–Kier alpha value is -3.14. The molecule has 2 heterocycles. The van der Waals surface area contributed by atoms with Gasteiger partial charge in [-0.05, 0) is 61.6 Å². The summed E-state index contributed by atoms with van der Waals surface area (Å²) in [5.41, 5.74) is 2.66. The molecule has 0 spiro atoms. The van der Waals surface area contributed by atoms with Gasteiger partial charge in [-0.25, -0.2) is 4.98 Å². The molecule has 1 aliphatic heterocycles. The minimum atomic E-state index is -0.277. The van der Waals surface area contributed by atoms with Crippen LogP contribution in [0.25, 0.3) is 0 Å². The van der Waals surface area contributed by atoms with Crippen molar-refractivity contribution in [2.24, 2.45) is 5.92 Å². The highest BCUT2D eigenvalue weighted by atomic mass is 35.5. The maximum atomic E-state index is 13.2. The molecule has 0 radical (unpaired) electrons. The molecule has 0 aliphatic carbocycles. The number of ether oxygens (including phenoxy) is 3. The standard InChI is InChI=1S/C30H36ClN3O5S/c1-4-39-30(36)23-8-6-13-34(18-23)29(35)25-20-40-28(32-25)19-33(17-22-7-5-9-24(31)15-22)14-12-21-10-11-26(37-2)27(16-21)38-3/h5,7,9-11,15-16,20,23H,4,6,8,12-14,17-19H2,1-3H3. The third-order valence-corrected chi connectivity index (χ3v) is 7.99. The lowest BCUT2D eigenvalue weighted by molar-refractivity contribution is -0.149. The number of amides is 1. The number of piperidine rings is 1. The summed E-state index contributed by atoms with van der Waals surface area (Å²) in [5, 5.41) is 3.37. The molecule has 0 saturated carbocycles. The predicted molar refractivity (Wildman–Crippen MR) is 156 cm³/mol. The number of carbonyl (C=O) groups excluding carboxylic acids is 2. The number of thiazole rings is 1. The minimum absolute atomic E-state index is 0.136. The number of hydrogen-bond donors (Lipinski definition) is 0. The maximum absolute atomic E-state index is 13.2. The zero-order valence-electron chi connectivity index (χ0n) is 23.2. The van der Waals surface area contributed by atoms with Crippen molar-refractivity contribution in [2.75, 3.05) is 40.5 Å². The highest BCUT2D eigenvalue weighted by molar-refractivity contribution is 7.09. The van der Waals surface area contributed by atoms with Gasteiger partial charge in [0.2, 0.25) is 0 Å². The van der Waals surface area contributed by atoms with Crippen LogP contribution in [0.4, 0.5) is 0 Å². The van der Waals surface area contributed by atoms with E-state index in [-0.39, 0.29) is 17.8 Å². The van der Waals surface area contributed by atoms with E-state index < -0.39 is 0 Å². The molecule has 1 unspecified atom stereocenters. The van der Waals surface area contributed by atoms with E-state index >= 15 is 0 Å². The second-order valence-electron chi connectivity index (χ2n) is 9.75. The summed E-state index contributed by atoms with van der Waals surface area (Å²) in [4.78, 5) is 34.2. The van der Waals surface area contributed by atoms with E-state index in [0.29, 0.717) is 55.0 Å². The van der Waals surface area contributed by atoms with Gasteiger partial charge in [0.1, 0.15) is 10.7 Å². The molecule has 2 aromatic carbocycles. The van der Waals surface area contributed by atoms with Crippen LogP contribution in [0.2, 0.25) is 5.02 Å². The number of likely N-dealkylation sites (tertiary alicyclic amines) is 1. The highest BCUT2D eigenvalue weighted by Crippen LogP contribution is 2.28. The van der Waals surface area contributed by atoms with Crippen molar-refractivity contribution >= 4 is 34.8 Å². The Morgan fingerprint density at radius 3 is 2.67 bits per heavy atom. The van der Waals surface area contributed by atoms with Gasteiger partial charge in [-0.2, -0.15) is 0 Å². The molecule has 1 aromatic heterocycles. The van der Waals surface area contributed by atoms with Crippen molar-refractivity contribution in [2.45, 2.75) is 39.3 Å². The Kier molecular flexibility index (Phi) is 10.8. The summed E-state index contributed by atoms with van der Waals surface area (Å²) in [6.45, 7) is 5.16. The van der Waals surface area contributed by atoms with Gasteiger partial charge in [0.15, 0.2) is 11.5 Å². The van der Waals surface area contributed by atoms with Crippen LogP contribution in [-0.4, -0.2) is 67.1 Å². The molecule has 1 saturated heterocycles. The second kappa shape index (κ2) is 14.5. The summed E-state index contributed by atoms with van der Waals surface area (Å²) >= 11 is 7.73. The maximum Gasteiger partial charge on any atom is 0.310 e. The van der Waals surface area contributed by atoms with Crippen LogP contribution in [0.5, 0.6) is 11.5 Å². The number of hydrogen-bond acceptors (Lipinski definition) is 8. The number of nitrogens with zero attached hydrogens (tertiary/aromatic N) is 3. The predicted octanol–water partition coefficient (Wildman–Crippen LogP) is 5.47. The van der Waals surface area contributed by atoms with Crippen molar-refractivity contribution in [1.82, 2.24) is 14.8 Å². The number of rotatable bonds is 12. The summed E-state index contributed by atoms with van der Waals surface area (Å²) in [7, 11) is 3.26. The van der Waals surface area contributed by atoms with Gasteiger partial charge < -0.3 is 19.1 Å². The fourth-order valence-corrected chi connectivity index (χ4v) is 5.90. The van der Waals surface area contributed by atoms with Crippen LogP contribution in [0.15, 0.2) is 47.8 Å². The Morgan fingerprint density at radius 2 is 1.93 bits per heavy atom. The van der Waals surface area contributed by atoms with E-state index in [1.54, 1.807) is 26.0 Å². The number of esters is 1. The largest absolute Gasteiger partial charge is 0.493 e. The van der Waals surface area contributed by atoms with Crippen molar-refractivity contribution in [3.05, 3.63) is 74.7 Å². The van der Waals surface area contributed by atoms with Crippen molar-refractivity contribution < 1.29 is 23.8 Å². The molecule has 0 N–H and O–H groups in total. The van der Waals surface area contributed by atoms with E-state index in [9.17, 15) is 9.59 Å². The topological polar surface area (TPSA) is 81.2 Å². The first-order valence-electron chi connectivity index (χ1n) is 13.5. The molecular weight excluding hydrogens is 550 g/mol. The molecule has 40 heavy (non-hydrogen) atoms. The molecule has 8 nitrogen and oxygen atoms in total. The molecule has 3 aromatic rings. The number of halogens is 1. The van der Waals surface area contributed by atoms with E-state index in [1.807, 2.05) is 41.8 Å². The second-order valence-corrected chi connectivity index (χ2v) is 11.1. The van der Waals surface area contributed by atoms with E-state index in [0.717, 1.165) is 41.9 Å². The summed E-state index contributed by atoms with van der Waals surface area (Å²) in [6.07, 6.45) is 2.31. The minimum Gasteiger partial charge on any atom is -0.493 e. The molecule has 214 valence electrons. The van der Waals surface area contributed by atoms with Crippen molar-refractivity contribution in [3.8, 4) is 11.5 Å². The van der Waals surface area contributed by atoms with Crippen LogP contribution >= 0.6 is 22.9 Å². The molecule has 4 rings (SSSR count). The first-order valence-corrected chi connectivity index (χ1v) is 14.7. The van der Waals surface area contributed by atoms with E-state index in [1.165, 1.54) is 11.3 Å². The molecule has 1 aliphatic rings. The molecule has 1 atom stereocenters. The van der Waals surface area contributed by atoms with Crippen LogP contribution in [0, 0.1) is 5.92 Å². The lowest BCUT2D eigenvalue weighted by Crippen LogP contribution is -2.43. The lowest BCUT2D eigenvalue weighted by atomic mass is 9.98. The normalized spacial score (nSPS) is 15.2. The van der Waals surface area contributed by atoms with Crippen molar-refractivity contribution in [1.29, 1.82) is 0 Å². The van der Waals surface area contributed by atoms with E-state index in [4.69, 9.17) is 30.8 Å². The summed E-state index contributed by atoms with van der Waals surface area (Å²) in [6, 6.07) is 13.8. The van der Waals surface area contributed by atoms with Gasteiger partial charge in [-0.1, -0.05) is 29.8 Å². The quantitative estimate of drug-likeness (QED) is 0.261. The van der Waals surface area contributed by atoms with Gasteiger partial charge in [-0.3, -0.25) is 14.5 Å². The number of benzene rings is 2. The summed E-state index contributed by atoms with van der Waals surface area (Å²) < 4.78 is 16.0. The van der Waals surface area contributed by atoms with E-state index in [2.05, 4.69) is 11.0 Å². The first-order chi connectivity index (χ1) is 19.4. The fourth-order valence-electron chi connectivity index (χ4n) is 4.88. The number of carbonyl (C=O) groups is 2. The fraction of sp³-hybridized carbons (Fsp3) is 0.433. The number of aromatic nitrogens is 1. The highest BCUT2D eigenvalue weighted by Gasteiger charge is 2.30.